The zero-order valence-corrected chi connectivity index (χ0v) is 18.3. The van der Waals surface area contributed by atoms with E-state index < -0.39 is 0 Å². The lowest BCUT2D eigenvalue weighted by Gasteiger charge is -2.11. The summed E-state index contributed by atoms with van der Waals surface area (Å²) >= 11 is 0. The largest absolute Gasteiger partial charge is 0.493 e. The van der Waals surface area contributed by atoms with Crippen LogP contribution in [-0.2, 0) is 6.54 Å². The van der Waals surface area contributed by atoms with Gasteiger partial charge in [0.2, 0.25) is 0 Å². The molecule has 0 atom stereocenters. The fourth-order valence-electron chi connectivity index (χ4n) is 3.23. The van der Waals surface area contributed by atoms with Gasteiger partial charge in [-0.25, -0.2) is 9.67 Å². The molecule has 4 rings (SSSR count). The maximum absolute atomic E-state index is 12.9. The van der Waals surface area contributed by atoms with Crippen LogP contribution in [0.1, 0.15) is 27.2 Å². The standard InChI is InChI=1S/C26H22N4O3/c1-32-24-12-7-19(16-25(24)33-2)18-28-26(31)21-9-11-23(30-15-5-14-29-30)20(17-21)8-10-22-6-3-4-13-27-22/h3-7,9,11-17H,18H2,1-2H3,(H,28,31). The third kappa shape index (κ3) is 5.20. The van der Waals surface area contributed by atoms with Gasteiger partial charge in [0.05, 0.1) is 25.5 Å². The highest BCUT2D eigenvalue weighted by Gasteiger charge is 2.11. The Morgan fingerprint density at radius 1 is 0.970 bits per heavy atom. The molecule has 0 radical (unpaired) electrons. The molecule has 0 aliphatic carbocycles. The Balaban J connectivity index is 1.58. The zero-order chi connectivity index (χ0) is 23.0. The summed E-state index contributed by atoms with van der Waals surface area (Å²) in [6, 6.07) is 18.3. The maximum atomic E-state index is 12.9. The molecule has 2 aromatic heterocycles. The Morgan fingerprint density at radius 2 is 1.85 bits per heavy atom. The highest BCUT2D eigenvalue weighted by molar-refractivity contribution is 5.95. The molecule has 1 N–H and O–H groups in total. The molecule has 7 heteroatoms. The van der Waals surface area contributed by atoms with E-state index in [-0.39, 0.29) is 5.91 Å². The number of pyridine rings is 1. The molecule has 0 aliphatic heterocycles. The van der Waals surface area contributed by atoms with Crippen LogP contribution in [-0.4, -0.2) is 34.9 Å². The van der Waals surface area contributed by atoms with Crippen LogP contribution in [0.3, 0.4) is 0 Å². The molecule has 0 fully saturated rings. The smallest absolute Gasteiger partial charge is 0.251 e. The van der Waals surface area contributed by atoms with E-state index in [9.17, 15) is 4.79 Å². The van der Waals surface area contributed by atoms with E-state index in [1.165, 1.54) is 0 Å². The number of ether oxygens (including phenoxy) is 2. The molecule has 0 unspecified atom stereocenters. The number of aromatic nitrogens is 3. The van der Waals surface area contributed by atoms with Gasteiger partial charge in [-0.3, -0.25) is 4.79 Å². The number of carbonyl (C=O) groups excluding carboxylic acids is 1. The number of hydrogen-bond acceptors (Lipinski definition) is 5. The van der Waals surface area contributed by atoms with E-state index in [2.05, 4.69) is 27.2 Å². The minimum atomic E-state index is -0.210. The van der Waals surface area contributed by atoms with E-state index in [4.69, 9.17) is 9.47 Å². The van der Waals surface area contributed by atoms with Gasteiger partial charge in [-0.2, -0.15) is 5.10 Å². The summed E-state index contributed by atoms with van der Waals surface area (Å²) in [6.07, 6.45) is 5.22. The van der Waals surface area contributed by atoms with Crippen molar-refractivity contribution in [3.63, 3.8) is 0 Å². The normalized spacial score (nSPS) is 10.1. The number of carbonyl (C=O) groups is 1. The minimum absolute atomic E-state index is 0.210. The van der Waals surface area contributed by atoms with Crippen molar-refractivity contribution in [2.24, 2.45) is 0 Å². The molecule has 2 aromatic carbocycles. The van der Waals surface area contributed by atoms with Crippen molar-refractivity contribution in [3.8, 4) is 29.0 Å². The molecule has 2 heterocycles. The number of amides is 1. The van der Waals surface area contributed by atoms with Crippen molar-refractivity contribution in [1.29, 1.82) is 0 Å². The van der Waals surface area contributed by atoms with Crippen LogP contribution in [0.5, 0.6) is 11.5 Å². The molecular weight excluding hydrogens is 416 g/mol. The zero-order valence-electron chi connectivity index (χ0n) is 18.3. The lowest BCUT2D eigenvalue weighted by Crippen LogP contribution is -2.23. The first-order valence-electron chi connectivity index (χ1n) is 10.2. The number of benzene rings is 2. The summed E-state index contributed by atoms with van der Waals surface area (Å²) in [7, 11) is 3.16. The second-order valence-corrected chi connectivity index (χ2v) is 7.02. The van der Waals surface area contributed by atoms with Gasteiger partial charge in [0.1, 0.15) is 5.69 Å². The number of rotatable bonds is 6. The van der Waals surface area contributed by atoms with Gasteiger partial charge in [-0.05, 0) is 60.0 Å². The van der Waals surface area contributed by atoms with Crippen LogP contribution in [0.2, 0.25) is 0 Å². The van der Waals surface area contributed by atoms with Gasteiger partial charge >= 0.3 is 0 Å². The van der Waals surface area contributed by atoms with Crippen LogP contribution >= 0.6 is 0 Å². The van der Waals surface area contributed by atoms with Gasteiger partial charge in [0.15, 0.2) is 11.5 Å². The summed E-state index contributed by atoms with van der Waals surface area (Å²) in [5, 5.41) is 7.23. The Hall–Kier alpha value is -4.57. The molecule has 4 aromatic rings. The number of methoxy groups -OCH3 is 2. The second kappa shape index (κ2) is 10.2. The molecule has 0 aliphatic rings. The number of nitrogens with one attached hydrogen (secondary N) is 1. The monoisotopic (exact) mass is 438 g/mol. The van der Waals surface area contributed by atoms with Gasteiger partial charge < -0.3 is 14.8 Å². The Labute approximate surface area is 192 Å². The average Bonchev–Trinajstić information content (AvgIpc) is 3.41. The summed E-state index contributed by atoms with van der Waals surface area (Å²) in [6.45, 7) is 0.342. The first-order valence-corrected chi connectivity index (χ1v) is 10.2. The Kier molecular flexibility index (Phi) is 6.67. The minimum Gasteiger partial charge on any atom is -0.493 e. The number of nitrogens with zero attached hydrogens (tertiary/aromatic N) is 3. The van der Waals surface area contributed by atoms with E-state index in [1.807, 2.05) is 54.7 Å². The third-order valence-electron chi connectivity index (χ3n) is 4.90. The Morgan fingerprint density at radius 3 is 2.58 bits per heavy atom. The average molecular weight is 438 g/mol. The van der Waals surface area contributed by atoms with Crippen LogP contribution in [0.25, 0.3) is 5.69 Å². The fraction of sp³-hybridized carbons (Fsp3) is 0.115. The van der Waals surface area contributed by atoms with Gasteiger partial charge in [0.25, 0.3) is 5.91 Å². The summed E-state index contributed by atoms with van der Waals surface area (Å²) in [5.41, 5.74) is 3.48. The molecule has 1 amide bonds. The molecule has 164 valence electrons. The molecular formula is C26H22N4O3. The van der Waals surface area contributed by atoms with E-state index in [0.29, 0.717) is 34.9 Å². The fourth-order valence-corrected chi connectivity index (χ4v) is 3.23. The van der Waals surface area contributed by atoms with E-state index in [1.54, 1.807) is 43.4 Å². The van der Waals surface area contributed by atoms with Gasteiger partial charge in [0, 0.05) is 30.7 Å². The van der Waals surface area contributed by atoms with E-state index in [0.717, 1.165) is 11.3 Å². The molecule has 0 saturated carbocycles. The maximum Gasteiger partial charge on any atom is 0.251 e. The quantitative estimate of drug-likeness (QED) is 0.465. The van der Waals surface area contributed by atoms with Gasteiger partial charge in [-0.1, -0.05) is 18.1 Å². The topological polar surface area (TPSA) is 78.3 Å². The van der Waals surface area contributed by atoms with Crippen molar-refractivity contribution in [3.05, 3.63) is 102 Å². The first-order chi connectivity index (χ1) is 16.2. The predicted octanol–water partition coefficient (Wildman–Crippen LogP) is 3.61. The molecule has 0 bridgehead atoms. The Bertz CT molecular complexity index is 1310. The lowest BCUT2D eigenvalue weighted by atomic mass is 10.1. The van der Waals surface area contributed by atoms with Crippen molar-refractivity contribution in [1.82, 2.24) is 20.1 Å². The van der Waals surface area contributed by atoms with Crippen molar-refractivity contribution in [2.45, 2.75) is 6.54 Å². The van der Waals surface area contributed by atoms with Crippen molar-refractivity contribution < 1.29 is 14.3 Å². The predicted molar refractivity (Wildman–Crippen MR) is 124 cm³/mol. The summed E-state index contributed by atoms with van der Waals surface area (Å²) < 4.78 is 12.3. The molecule has 33 heavy (non-hydrogen) atoms. The molecule has 7 nitrogen and oxygen atoms in total. The van der Waals surface area contributed by atoms with Crippen molar-refractivity contribution in [2.75, 3.05) is 14.2 Å². The first kappa shape index (κ1) is 21.7. The SMILES string of the molecule is COc1ccc(CNC(=O)c2ccc(-n3cccn3)c(C#Cc3ccccn3)c2)cc1OC. The van der Waals surface area contributed by atoms with Crippen LogP contribution < -0.4 is 14.8 Å². The van der Waals surface area contributed by atoms with Gasteiger partial charge in [-0.15, -0.1) is 0 Å². The van der Waals surface area contributed by atoms with Crippen LogP contribution in [0, 0.1) is 11.8 Å². The number of hydrogen-bond donors (Lipinski definition) is 1. The summed E-state index contributed by atoms with van der Waals surface area (Å²) in [4.78, 5) is 17.1. The van der Waals surface area contributed by atoms with Crippen molar-refractivity contribution >= 4 is 5.91 Å². The highest BCUT2D eigenvalue weighted by atomic mass is 16.5. The second-order valence-electron chi connectivity index (χ2n) is 7.02. The highest BCUT2D eigenvalue weighted by Crippen LogP contribution is 2.27. The molecule has 0 saturated heterocycles. The molecule has 0 spiro atoms. The van der Waals surface area contributed by atoms with Crippen LogP contribution in [0.4, 0.5) is 0 Å². The van der Waals surface area contributed by atoms with Crippen LogP contribution in [0.15, 0.2) is 79.3 Å². The van der Waals surface area contributed by atoms with E-state index >= 15 is 0 Å². The summed E-state index contributed by atoms with van der Waals surface area (Å²) in [5.74, 6) is 7.22. The third-order valence-corrected chi connectivity index (χ3v) is 4.90. The lowest BCUT2D eigenvalue weighted by molar-refractivity contribution is 0.0951.